The Morgan fingerprint density at radius 1 is 1.04 bits per heavy atom. The van der Waals surface area contributed by atoms with Crippen LogP contribution in [-0.4, -0.2) is 18.2 Å². The molecule has 0 saturated heterocycles. The number of thiophene rings is 1. The number of hydrogen-bond donors (Lipinski definition) is 2. The van der Waals surface area contributed by atoms with Gasteiger partial charge in [0.2, 0.25) is 0 Å². The zero-order chi connectivity index (χ0) is 19.4. The van der Waals surface area contributed by atoms with Crippen LogP contribution < -0.4 is 10.6 Å². The van der Waals surface area contributed by atoms with Crippen LogP contribution in [-0.2, 0) is 4.74 Å². The van der Waals surface area contributed by atoms with Crippen molar-refractivity contribution < 1.29 is 9.53 Å². The van der Waals surface area contributed by atoms with Crippen LogP contribution in [0.25, 0.3) is 10.4 Å². The lowest BCUT2D eigenvalue weighted by Crippen LogP contribution is -2.20. The van der Waals surface area contributed by atoms with Crippen molar-refractivity contribution in [3.05, 3.63) is 71.3 Å². The normalized spacial score (nSPS) is 10.3. The fourth-order valence-electron chi connectivity index (χ4n) is 2.70. The van der Waals surface area contributed by atoms with Gasteiger partial charge in [-0.3, -0.25) is 0 Å². The predicted molar refractivity (Wildman–Crippen MR) is 117 cm³/mol. The largest absolute Gasteiger partial charge is 0.465 e. The molecular weight excluding hydrogens is 376 g/mol. The molecule has 27 heavy (non-hydrogen) atoms. The summed E-state index contributed by atoms with van der Waals surface area (Å²) in [5.74, 6) is -0.398. The first-order chi connectivity index (χ1) is 13.0. The quantitative estimate of drug-likeness (QED) is 0.442. The monoisotopic (exact) mass is 396 g/mol. The molecule has 2 aromatic carbocycles. The summed E-state index contributed by atoms with van der Waals surface area (Å²) in [5, 5.41) is 7.42. The molecule has 1 heterocycles. The van der Waals surface area contributed by atoms with Crippen LogP contribution in [0.15, 0.2) is 54.6 Å². The van der Waals surface area contributed by atoms with Crippen LogP contribution in [0.1, 0.15) is 21.5 Å². The Kier molecular flexibility index (Phi) is 5.88. The molecule has 0 spiro atoms. The van der Waals surface area contributed by atoms with Gasteiger partial charge in [0.1, 0.15) is 5.00 Å². The number of aryl methyl sites for hydroxylation is 2. The minimum absolute atomic E-state index is 0.398. The van der Waals surface area contributed by atoms with E-state index in [2.05, 4.69) is 16.7 Å². The van der Waals surface area contributed by atoms with E-state index in [1.807, 2.05) is 62.4 Å². The van der Waals surface area contributed by atoms with Gasteiger partial charge < -0.3 is 15.4 Å². The van der Waals surface area contributed by atoms with E-state index in [1.54, 1.807) is 0 Å². The highest BCUT2D eigenvalue weighted by molar-refractivity contribution is 7.80. The fraction of sp³-hybridized carbons (Fsp3) is 0.143. The van der Waals surface area contributed by atoms with Gasteiger partial charge in [-0.15, -0.1) is 11.3 Å². The number of esters is 1. The summed E-state index contributed by atoms with van der Waals surface area (Å²) >= 11 is 6.91. The smallest absolute Gasteiger partial charge is 0.340 e. The zero-order valence-electron chi connectivity index (χ0n) is 15.3. The summed E-state index contributed by atoms with van der Waals surface area (Å²) in [6, 6.07) is 17.8. The van der Waals surface area contributed by atoms with Crippen molar-refractivity contribution in [1.82, 2.24) is 0 Å². The number of thiocarbonyl (C=S) groups is 1. The van der Waals surface area contributed by atoms with Gasteiger partial charge in [-0.05, 0) is 49.3 Å². The average Bonchev–Trinajstić information content (AvgIpc) is 3.08. The molecule has 4 nitrogen and oxygen atoms in total. The zero-order valence-corrected chi connectivity index (χ0v) is 17.0. The summed E-state index contributed by atoms with van der Waals surface area (Å²) in [5.41, 5.74) is 4.72. The molecule has 6 heteroatoms. The van der Waals surface area contributed by atoms with Crippen molar-refractivity contribution in [1.29, 1.82) is 0 Å². The molecule has 0 amide bonds. The third-order valence-corrected chi connectivity index (χ3v) is 5.36. The first-order valence-electron chi connectivity index (χ1n) is 8.40. The molecule has 1 aromatic heterocycles. The molecule has 0 saturated carbocycles. The van der Waals surface area contributed by atoms with E-state index in [1.165, 1.54) is 24.0 Å². The Balaban J connectivity index is 1.85. The van der Waals surface area contributed by atoms with Crippen molar-refractivity contribution in [3.8, 4) is 10.4 Å². The highest BCUT2D eigenvalue weighted by Gasteiger charge is 2.18. The lowest BCUT2D eigenvalue weighted by atomic mass is 10.1. The molecule has 0 aliphatic rings. The van der Waals surface area contributed by atoms with E-state index >= 15 is 0 Å². The van der Waals surface area contributed by atoms with Gasteiger partial charge in [0.05, 0.1) is 12.7 Å². The van der Waals surface area contributed by atoms with Crippen molar-refractivity contribution in [2.45, 2.75) is 13.8 Å². The minimum atomic E-state index is -0.398. The highest BCUT2D eigenvalue weighted by atomic mass is 32.1. The van der Waals surface area contributed by atoms with Crippen molar-refractivity contribution in [3.63, 3.8) is 0 Å². The first kappa shape index (κ1) is 19.1. The summed E-state index contributed by atoms with van der Waals surface area (Å²) in [7, 11) is 1.37. The molecule has 0 aliphatic carbocycles. The lowest BCUT2D eigenvalue weighted by Gasteiger charge is -2.12. The molecule has 2 N–H and O–H groups in total. The maximum Gasteiger partial charge on any atom is 0.340 e. The second-order valence-corrected chi connectivity index (χ2v) is 7.57. The molecule has 0 fully saturated rings. The molecule has 0 bridgehead atoms. The van der Waals surface area contributed by atoms with Gasteiger partial charge in [0.15, 0.2) is 5.11 Å². The molecule has 0 unspecified atom stereocenters. The third-order valence-electron chi connectivity index (χ3n) is 4.05. The standard InChI is InChI=1S/C21H20N2O2S2/c1-13-9-10-17(14(2)11-13)22-21(26)23-19-16(20(24)25-3)12-18(27-19)15-7-5-4-6-8-15/h4-12H,1-3H3,(H2,22,23,26). The minimum Gasteiger partial charge on any atom is -0.465 e. The van der Waals surface area contributed by atoms with Crippen molar-refractivity contribution in [2.75, 3.05) is 17.7 Å². The van der Waals surface area contributed by atoms with Crippen LogP contribution >= 0.6 is 23.6 Å². The molecule has 0 radical (unpaired) electrons. The Labute approximate surface area is 168 Å². The summed E-state index contributed by atoms with van der Waals surface area (Å²) in [4.78, 5) is 13.2. The fourth-order valence-corrected chi connectivity index (χ4v) is 4.03. The number of rotatable bonds is 4. The lowest BCUT2D eigenvalue weighted by molar-refractivity contribution is 0.0602. The Morgan fingerprint density at radius 3 is 2.44 bits per heavy atom. The average molecular weight is 397 g/mol. The first-order valence-corrected chi connectivity index (χ1v) is 9.63. The third kappa shape index (κ3) is 4.53. The number of benzene rings is 2. The highest BCUT2D eigenvalue weighted by Crippen LogP contribution is 2.36. The van der Waals surface area contributed by atoms with Gasteiger partial charge >= 0.3 is 5.97 Å². The van der Waals surface area contributed by atoms with Crippen LogP contribution in [0.4, 0.5) is 10.7 Å². The van der Waals surface area contributed by atoms with Crippen molar-refractivity contribution >= 4 is 45.3 Å². The second-order valence-electron chi connectivity index (χ2n) is 6.11. The molecule has 0 aliphatic heterocycles. The van der Waals surface area contributed by atoms with Gasteiger partial charge in [-0.2, -0.15) is 0 Å². The van der Waals surface area contributed by atoms with Crippen LogP contribution in [0.5, 0.6) is 0 Å². The number of ether oxygens (including phenoxy) is 1. The van der Waals surface area contributed by atoms with E-state index in [9.17, 15) is 4.79 Å². The summed E-state index contributed by atoms with van der Waals surface area (Å²) in [6.45, 7) is 4.07. The second kappa shape index (κ2) is 8.33. The van der Waals surface area contributed by atoms with Gasteiger partial charge in [0.25, 0.3) is 0 Å². The van der Waals surface area contributed by atoms with Gasteiger partial charge in [-0.25, -0.2) is 4.79 Å². The maximum absolute atomic E-state index is 12.2. The molecule has 138 valence electrons. The summed E-state index contributed by atoms with van der Waals surface area (Å²) < 4.78 is 4.92. The Morgan fingerprint density at radius 2 is 1.78 bits per heavy atom. The number of anilines is 2. The van der Waals surface area contributed by atoms with Crippen LogP contribution in [0, 0.1) is 13.8 Å². The number of hydrogen-bond acceptors (Lipinski definition) is 4. The topological polar surface area (TPSA) is 50.4 Å². The predicted octanol–water partition coefficient (Wildman–Crippen LogP) is 5.63. The van der Waals surface area contributed by atoms with Crippen LogP contribution in [0.2, 0.25) is 0 Å². The van der Waals surface area contributed by atoms with Crippen LogP contribution in [0.3, 0.4) is 0 Å². The molecule has 3 aromatic rings. The van der Waals surface area contributed by atoms with E-state index in [4.69, 9.17) is 17.0 Å². The number of nitrogens with one attached hydrogen (secondary N) is 2. The van der Waals surface area contributed by atoms with Crippen molar-refractivity contribution in [2.24, 2.45) is 0 Å². The van der Waals surface area contributed by atoms with E-state index < -0.39 is 5.97 Å². The number of carbonyl (C=O) groups is 1. The maximum atomic E-state index is 12.2. The Bertz CT molecular complexity index is 981. The SMILES string of the molecule is COC(=O)c1cc(-c2ccccc2)sc1NC(=S)Nc1ccc(C)cc1C. The van der Waals surface area contributed by atoms with E-state index in [0.717, 1.165) is 21.7 Å². The Hall–Kier alpha value is -2.70. The molecule has 3 rings (SSSR count). The number of carbonyl (C=O) groups excluding carboxylic acids is 1. The van der Waals surface area contributed by atoms with E-state index in [-0.39, 0.29) is 0 Å². The molecule has 0 atom stereocenters. The molecular formula is C21H20N2O2S2. The summed E-state index contributed by atoms with van der Waals surface area (Å²) in [6.07, 6.45) is 0. The van der Waals surface area contributed by atoms with Gasteiger partial charge in [0, 0.05) is 10.6 Å². The van der Waals surface area contributed by atoms with E-state index in [0.29, 0.717) is 15.7 Å². The number of methoxy groups -OCH3 is 1. The van der Waals surface area contributed by atoms with Gasteiger partial charge in [-0.1, -0.05) is 48.0 Å².